The molecule has 0 atom stereocenters. The zero-order valence-electron chi connectivity index (χ0n) is 16.7. The predicted molar refractivity (Wildman–Crippen MR) is 121 cm³/mol. The number of benzene rings is 3. The largest absolute Gasteiger partial charge is 0.354 e. The van der Waals surface area contributed by atoms with E-state index in [0.29, 0.717) is 6.42 Å². The van der Waals surface area contributed by atoms with Gasteiger partial charge in [0.25, 0.3) is 0 Å². The molecule has 4 rings (SSSR count). The predicted octanol–water partition coefficient (Wildman–Crippen LogP) is 7.39. The van der Waals surface area contributed by atoms with Crippen LogP contribution in [0.4, 0.5) is 0 Å². The Kier molecular flexibility index (Phi) is 5.71. The highest BCUT2D eigenvalue weighted by molar-refractivity contribution is 6.02. The van der Waals surface area contributed by atoms with Crippen LogP contribution >= 0.6 is 0 Å². The number of nitrogens with one attached hydrogen (secondary N) is 1. The molecule has 0 fully saturated rings. The average Bonchev–Trinajstić information content (AvgIpc) is 3.24. The number of carbonyl (C=O) groups excluding carboxylic acids is 1. The third kappa shape index (κ3) is 4.07. The minimum Gasteiger partial charge on any atom is -0.354 e. The number of aromatic amines is 1. The molecule has 0 saturated carbocycles. The smallest absolute Gasteiger partial charge is 0.163 e. The lowest BCUT2D eigenvalue weighted by molar-refractivity contribution is 0.0980. The Bertz CT molecular complexity index is 1040. The molecule has 4 aromatic rings. The lowest BCUT2D eigenvalue weighted by atomic mass is 9.97. The number of Topliss-reactive ketones (excluding diaryl/α,β-unsaturated/α-hetero) is 1. The van der Waals surface area contributed by atoms with Crippen LogP contribution in [0, 0.1) is 0 Å². The van der Waals surface area contributed by atoms with E-state index in [1.54, 1.807) is 0 Å². The molecular weight excluding hydrogens is 354 g/mol. The first-order valence-corrected chi connectivity index (χ1v) is 10.2. The van der Waals surface area contributed by atoms with E-state index in [2.05, 4.69) is 54.4 Å². The third-order valence-electron chi connectivity index (χ3n) is 5.24. The van der Waals surface area contributed by atoms with Gasteiger partial charge in [-0.15, -0.1) is 0 Å². The summed E-state index contributed by atoms with van der Waals surface area (Å²) in [4.78, 5) is 16.4. The van der Waals surface area contributed by atoms with Crippen molar-refractivity contribution in [1.29, 1.82) is 0 Å². The van der Waals surface area contributed by atoms with E-state index >= 15 is 0 Å². The monoisotopic (exact) mass is 379 g/mol. The maximum Gasteiger partial charge on any atom is 0.163 e. The summed E-state index contributed by atoms with van der Waals surface area (Å²) in [6, 6.07) is 30.8. The van der Waals surface area contributed by atoms with Crippen molar-refractivity contribution in [3.63, 3.8) is 0 Å². The van der Waals surface area contributed by atoms with Crippen molar-refractivity contribution in [2.75, 3.05) is 0 Å². The van der Waals surface area contributed by atoms with Crippen molar-refractivity contribution in [3.05, 3.63) is 96.6 Å². The molecule has 3 aromatic carbocycles. The Morgan fingerprint density at radius 3 is 2.07 bits per heavy atom. The van der Waals surface area contributed by atoms with Crippen LogP contribution in [0.25, 0.3) is 33.6 Å². The molecule has 2 nitrogen and oxygen atoms in total. The summed E-state index contributed by atoms with van der Waals surface area (Å²) in [6.45, 7) is 2.11. The quantitative estimate of drug-likeness (QED) is 0.334. The summed E-state index contributed by atoms with van der Waals surface area (Å²) in [7, 11) is 0. The lowest BCUT2D eigenvalue weighted by Gasteiger charge is -2.07. The molecule has 0 radical (unpaired) electrons. The molecule has 1 heterocycles. The number of unbranched alkanes of at least 4 members (excludes halogenated alkanes) is 1. The summed E-state index contributed by atoms with van der Waals surface area (Å²) in [5, 5.41) is 0. The van der Waals surface area contributed by atoms with Crippen molar-refractivity contribution >= 4 is 5.78 Å². The first-order chi connectivity index (χ1) is 14.3. The minimum absolute atomic E-state index is 0.208. The number of carbonyl (C=O) groups is 1. The highest BCUT2D eigenvalue weighted by Crippen LogP contribution is 2.37. The van der Waals surface area contributed by atoms with Gasteiger partial charge in [0.1, 0.15) is 0 Å². The molecule has 2 heteroatoms. The van der Waals surface area contributed by atoms with E-state index in [1.165, 1.54) is 0 Å². The molecule has 0 amide bonds. The molecule has 0 bridgehead atoms. The zero-order chi connectivity index (χ0) is 20.1. The van der Waals surface area contributed by atoms with Crippen molar-refractivity contribution in [3.8, 4) is 33.6 Å². The van der Waals surface area contributed by atoms with Crippen LogP contribution < -0.4 is 0 Å². The van der Waals surface area contributed by atoms with Crippen molar-refractivity contribution in [2.45, 2.75) is 26.2 Å². The fraction of sp³-hybridized carbons (Fsp3) is 0.148. The van der Waals surface area contributed by atoms with Gasteiger partial charge in [0.05, 0.1) is 5.69 Å². The lowest BCUT2D eigenvalue weighted by Crippen LogP contribution is -2.01. The SMILES string of the molecule is CCCCC(=O)c1ccccc1-c1cc(-c2ccccc2)c(-c2ccccc2)[nH]1. The third-order valence-corrected chi connectivity index (χ3v) is 5.24. The molecule has 144 valence electrons. The molecule has 0 unspecified atom stereocenters. The van der Waals surface area contributed by atoms with E-state index in [0.717, 1.165) is 52.0 Å². The maximum atomic E-state index is 12.8. The molecule has 29 heavy (non-hydrogen) atoms. The molecule has 0 spiro atoms. The second-order valence-corrected chi connectivity index (χ2v) is 7.28. The van der Waals surface area contributed by atoms with Gasteiger partial charge in [-0.2, -0.15) is 0 Å². The van der Waals surface area contributed by atoms with Gasteiger partial charge in [-0.3, -0.25) is 4.79 Å². The van der Waals surface area contributed by atoms with Crippen LogP contribution in [0.5, 0.6) is 0 Å². The molecule has 0 aliphatic rings. The number of hydrogen-bond donors (Lipinski definition) is 1. The summed E-state index contributed by atoms with van der Waals surface area (Å²) in [6.07, 6.45) is 2.53. The number of ketones is 1. The van der Waals surface area contributed by atoms with E-state index in [-0.39, 0.29) is 5.78 Å². The van der Waals surface area contributed by atoms with Crippen LogP contribution in [-0.4, -0.2) is 10.8 Å². The summed E-state index contributed by atoms with van der Waals surface area (Å²) >= 11 is 0. The van der Waals surface area contributed by atoms with Crippen LogP contribution in [-0.2, 0) is 0 Å². The number of rotatable bonds is 7. The van der Waals surface area contributed by atoms with Crippen LogP contribution in [0.1, 0.15) is 36.5 Å². The molecule has 0 saturated heterocycles. The van der Waals surface area contributed by atoms with Gasteiger partial charge in [-0.1, -0.05) is 98.3 Å². The fourth-order valence-corrected chi connectivity index (χ4v) is 3.71. The Balaban J connectivity index is 1.85. The zero-order valence-corrected chi connectivity index (χ0v) is 16.7. The highest BCUT2D eigenvalue weighted by atomic mass is 16.1. The average molecular weight is 380 g/mol. The Hall–Kier alpha value is -3.39. The Morgan fingerprint density at radius 1 is 0.759 bits per heavy atom. The molecule has 0 aliphatic carbocycles. The van der Waals surface area contributed by atoms with Gasteiger partial charge in [-0.05, 0) is 23.6 Å². The highest BCUT2D eigenvalue weighted by Gasteiger charge is 2.17. The summed E-state index contributed by atoms with van der Waals surface area (Å²) in [5.41, 5.74) is 7.24. The van der Waals surface area contributed by atoms with E-state index in [9.17, 15) is 4.79 Å². The fourth-order valence-electron chi connectivity index (χ4n) is 3.71. The molecule has 1 N–H and O–H groups in total. The van der Waals surface area contributed by atoms with Gasteiger partial charge in [0.15, 0.2) is 5.78 Å². The van der Waals surface area contributed by atoms with Gasteiger partial charge < -0.3 is 4.98 Å². The molecular formula is C27H25NO. The second-order valence-electron chi connectivity index (χ2n) is 7.28. The van der Waals surface area contributed by atoms with Crippen molar-refractivity contribution in [2.24, 2.45) is 0 Å². The summed E-state index contributed by atoms with van der Waals surface area (Å²) in [5.74, 6) is 0.208. The first-order valence-electron chi connectivity index (χ1n) is 10.2. The Labute approximate surface area is 172 Å². The minimum atomic E-state index is 0.208. The van der Waals surface area contributed by atoms with Gasteiger partial charge >= 0.3 is 0 Å². The van der Waals surface area contributed by atoms with Crippen LogP contribution in [0.3, 0.4) is 0 Å². The first kappa shape index (κ1) is 18.9. The maximum absolute atomic E-state index is 12.8. The number of aromatic nitrogens is 1. The second kappa shape index (κ2) is 8.74. The van der Waals surface area contributed by atoms with Crippen LogP contribution in [0.2, 0.25) is 0 Å². The topological polar surface area (TPSA) is 32.9 Å². The normalized spacial score (nSPS) is 10.8. The van der Waals surface area contributed by atoms with Crippen molar-refractivity contribution in [1.82, 2.24) is 4.98 Å². The van der Waals surface area contributed by atoms with Gasteiger partial charge in [0, 0.05) is 28.8 Å². The van der Waals surface area contributed by atoms with Crippen LogP contribution in [0.15, 0.2) is 91.0 Å². The Morgan fingerprint density at radius 2 is 1.38 bits per heavy atom. The van der Waals surface area contributed by atoms with E-state index in [4.69, 9.17) is 0 Å². The number of H-pyrrole nitrogens is 1. The van der Waals surface area contributed by atoms with Crippen molar-refractivity contribution < 1.29 is 4.79 Å². The summed E-state index contributed by atoms with van der Waals surface area (Å²) < 4.78 is 0. The number of hydrogen-bond acceptors (Lipinski definition) is 1. The van der Waals surface area contributed by atoms with E-state index in [1.807, 2.05) is 48.5 Å². The molecule has 1 aromatic heterocycles. The standard InChI is InChI=1S/C27H25NO/c1-2-3-18-26(29)23-17-11-10-16-22(23)25-19-24(20-12-6-4-7-13-20)27(28-25)21-14-8-5-9-15-21/h4-17,19,28H,2-3,18H2,1H3. The van der Waals surface area contributed by atoms with Gasteiger partial charge in [-0.25, -0.2) is 0 Å². The van der Waals surface area contributed by atoms with E-state index < -0.39 is 0 Å². The molecule has 0 aliphatic heterocycles. The van der Waals surface area contributed by atoms with Gasteiger partial charge in [0.2, 0.25) is 0 Å².